The average molecular weight is 278 g/mol. The van der Waals surface area contributed by atoms with Crippen LogP contribution in [0.5, 0.6) is 0 Å². The van der Waals surface area contributed by atoms with Crippen LogP contribution in [0.3, 0.4) is 0 Å². The summed E-state index contributed by atoms with van der Waals surface area (Å²) >= 11 is 0. The number of amides is 1. The second kappa shape index (κ2) is 9.31. The van der Waals surface area contributed by atoms with Crippen LogP contribution < -0.4 is 10.6 Å². The molecule has 0 bridgehead atoms. The minimum atomic E-state index is 0.0526. The lowest BCUT2D eigenvalue weighted by atomic mass is 10.2. The van der Waals surface area contributed by atoms with Crippen molar-refractivity contribution in [3.8, 4) is 0 Å². The first-order valence-electron chi connectivity index (χ1n) is 7.31. The van der Waals surface area contributed by atoms with Crippen LogP contribution in [-0.2, 0) is 11.3 Å². The SMILES string of the molecule is CCCNc1cc(CN(CCC)CC(=O)NC)ccn1. The second-order valence-corrected chi connectivity index (χ2v) is 4.86. The van der Waals surface area contributed by atoms with Gasteiger partial charge in [0, 0.05) is 26.3 Å². The number of anilines is 1. The Bertz CT molecular complexity index is 409. The van der Waals surface area contributed by atoms with Gasteiger partial charge in [-0.05, 0) is 37.1 Å². The summed E-state index contributed by atoms with van der Waals surface area (Å²) in [7, 11) is 1.67. The third kappa shape index (κ3) is 6.02. The molecule has 0 aromatic carbocycles. The average Bonchev–Trinajstić information content (AvgIpc) is 2.45. The summed E-state index contributed by atoms with van der Waals surface area (Å²) in [6.07, 6.45) is 3.92. The van der Waals surface area contributed by atoms with E-state index in [0.29, 0.717) is 6.54 Å². The number of nitrogens with zero attached hydrogens (tertiary/aromatic N) is 2. The van der Waals surface area contributed by atoms with Crippen LogP contribution in [0.15, 0.2) is 18.3 Å². The molecule has 0 aliphatic heterocycles. The van der Waals surface area contributed by atoms with Gasteiger partial charge in [-0.25, -0.2) is 4.98 Å². The minimum absolute atomic E-state index is 0.0526. The van der Waals surface area contributed by atoms with Gasteiger partial charge in [-0.3, -0.25) is 9.69 Å². The first kappa shape index (κ1) is 16.4. The highest BCUT2D eigenvalue weighted by Crippen LogP contribution is 2.10. The van der Waals surface area contributed by atoms with Gasteiger partial charge >= 0.3 is 0 Å². The number of hydrogen-bond acceptors (Lipinski definition) is 4. The van der Waals surface area contributed by atoms with Crippen LogP contribution in [0, 0.1) is 0 Å². The molecule has 0 aliphatic carbocycles. The van der Waals surface area contributed by atoms with E-state index < -0.39 is 0 Å². The van der Waals surface area contributed by atoms with E-state index in [4.69, 9.17) is 0 Å². The van der Waals surface area contributed by atoms with Crippen molar-refractivity contribution in [3.63, 3.8) is 0 Å². The maximum atomic E-state index is 11.5. The van der Waals surface area contributed by atoms with Gasteiger partial charge in [-0.1, -0.05) is 13.8 Å². The van der Waals surface area contributed by atoms with Gasteiger partial charge in [0.1, 0.15) is 5.82 Å². The molecular formula is C15H26N4O. The maximum absolute atomic E-state index is 11.5. The molecule has 0 unspecified atom stereocenters. The van der Waals surface area contributed by atoms with Crippen LogP contribution in [0.1, 0.15) is 32.3 Å². The van der Waals surface area contributed by atoms with Gasteiger partial charge < -0.3 is 10.6 Å². The van der Waals surface area contributed by atoms with Gasteiger partial charge in [-0.15, -0.1) is 0 Å². The number of carbonyl (C=O) groups excluding carboxylic acids is 1. The lowest BCUT2D eigenvalue weighted by Crippen LogP contribution is -2.35. The molecule has 1 rings (SSSR count). The standard InChI is InChI=1S/C15H26N4O/c1-4-7-17-14-10-13(6-8-18-14)11-19(9-5-2)12-15(20)16-3/h6,8,10H,4-5,7,9,11-12H2,1-3H3,(H,16,20)(H,17,18). The number of pyridine rings is 1. The summed E-state index contributed by atoms with van der Waals surface area (Å²) in [6, 6.07) is 4.06. The molecule has 0 aliphatic rings. The molecule has 0 spiro atoms. The first-order chi connectivity index (χ1) is 9.69. The van der Waals surface area contributed by atoms with Crippen molar-refractivity contribution >= 4 is 11.7 Å². The number of nitrogens with one attached hydrogen (secondary N) is 2. The van der Waals surface area contributed by atoms with E-state index in [0.717, 1.165) is 38.3 Å². The number of rotatable bonds is 9. The quantitative estimate of drug-likeness (QED) is 0.724. The van der Waals surface area contributed by atoms with Crippen LogP contribution in [-0.4, -0.2) is 42.5 Å². The Kier molecular flexibility index (Phi) is 7.65. The zero-order valence-electron chi connectivity index (χ0n) is 12.8. The smallest absolute Gasteiger partial charge is 0.233 e. The fourth-order valence-electron chi connectivity index (χ4n) is 1.99. The molecule has 20 heavy (non-hydrogen) atoms. The fourth-order valence-corrected chi connectivity index (χ4v) is 1.99. The van der Waals surface area contributed by atoms with Gasteiger partial charge in [0.15, 0.2) is 0 Å². The zero-order chi connectivity index (χ0) is 14.8. The fraction of sp³-hybridized carbons (Fsp3) is 0.600. The predicted octanol–water partition coefficient (Wildman–Crippen LogP) is 1.86. The van der Waals surface area contributed by atoms with Crippen LogP contribution in [0.25, 0.3) is 0 Å². The van der Waals surface area contributed by atoms with Crippen molar-refractivity contribution in [2.75, 3.05) is 32.0 Å². The third-order valence-electron chi connectivity index (χ3n) is 2.97. The predicted molar refractivity (Wildman–Crippen MR) is 82.7 cm³/mol. The van der Waals surface area contributed by atoms with Crippen molar-refractivity contribution in [2.45, 2.75) is 33.2 Å². The van der Waals surface area contributed by atoms with Crippen molar-refractivity contribution in [1.82, 2.24) is 15.2 Å². The summed E-state index contributed by atoms with van der Waals surface area (Å²) in [4.78, 5) is 18.0. The highest BCUT2D eigenvalue weighted by Gasteiger charge is 2.09. The van der Waals surface area contributed by atoms with Crippen LogP contribution in [0.4, 0.5) is 5.82 Å². The first-order valence-corrected chi connectivity index (χ1v) is 7.31. The Hall–Kier alpha value is -1.62. The number of aromatic nitrogens is 1. The molecule has 1 amide bonds. The molecule has 5 nitrogen and oxygen atoms in total. The molecule has 0 fully saturated rings. The largest absolute Gasteiger partial charge is 0.370 e. The van der Waals surface area contributed by atoms with E-state index in [1.807, 2.05) is 12.3 Å². The van der Waals surface area contributed by atoms with Crippen LogP contribution in [0.2, 0.25) is 0 Å². The van der Waals surface area contributed by atoms with E-state index >= 15 is 0 Å². The normalized spacial score (nSPS) is 10.6. The number of carbonyl (C=O) groups is 1. The monoisotopic (exact) mass is 278 g/mol. The van der Waals surface area contributed by atoms with Crippen molar-refractivity contribution in [3.05, 3.63) is 23.9 Å². The summed E-state index contributed by atoms with van der Waals surface area (Å²) in [5, 5.41) is 5.96. The lowest BCUT2D eigenvalue weighted by molar-refractivity contribution is -0.121. The van der Waals surface area contributed by atoms with E-state index in [2.05, 4.69) is 40.4 Å². The minimum Gasteiger partial charge on any atom is -0.370 e. The van der Waals surface area contributed by atoms with Crippen molar-refractivity contribution < 1.29 is 4.79 Å². The Morgan fingerprint density at radius 3 is 2.80 bits per heavy atom. The topological polar surface area (TPSA) is 57.3 Å². The summed E-state index contributed by atoms with van der Waals surface area (Å²) in [5.74, 6) is 0.956. The molecule has 2 N–H and O–H groups in total. The summed E-state index contributed by atoms with van der Waals surface area (Å²) in [6.45, 7) is 7.29. The molecule has 5 heteroatoms. The molecular weight excluding hydrogens is 252 g/mol. The number of likely N-dealkylation sites (N-methyl/N-ethyl adjacent to an activating group) is 1. The molecule has 1 aromatic heterocycles. The molecule has 0 radical (unpaired) electrons. The Morgan fingerprint density at radius 2 is 2.15 bits per heavy atom. The van der Waals surface area contributed by atoms with Crippen molar-refractivity contribution in [1.29, 1.82) is 0 Å². The molecule has 1 heterocycles. The van der Waals surface area contributed by atoms with Gasteiger partial charge in [0.2, 0.25) is 5.91 Å². The highest BCUT2D eigenvalue weighted by atomic mass is 16.1. The zero-order valence-corrected chi connectivity index (χ0v) is 12.8. The van der Waals surface area contributed by atoms with Crippen molar-refractivity contribution in [2.24, 2.45) is 0 Å². The number of hydrogen-bond donors (Lipinski definition) is 2. The van der Waals surface area contributed by atoms with E-state index in [1.54, 1.807) is 7.05 Å². The third-order valence-corrected chi connectivity index (χ3v) is 2.97. The van der Waals surface area contributed by atoms with E-state index in [9.17, 15) is 4.79 Å². The maximum Gasteiger partial charge on any atom is 0.233 e. The van der Waals surface area contributed by atoms with Gasteiger partial charge in [0.05, 0.1) is 6.54 Å². The molecule has 0 atom stereocenters. The summed E-state index contributed by atoms with van der Waals surface area (Å²) < 4.78 is 0. The molecule has 112 valence electrons. The van der Waals surface area contributed by atoms with Crippen LogP contribution >= 0.6 is 0 Å². The Morgan fingerprint density at radius 1 is 1.35 bits per heavy atom. The lowest BCUT2D eigenvalue weighted by Gasteiger charge is -2.21. The van der Waals surface area contributed by atoms with Gasteiger partial charge in [-0.2, -0.15) is 0 Å². The highest BCUT2D eigenvalue weighted by molar-refractivity contribution is 5.77. The molecule has 0 saturated heterocycles. The molecule has 0 saturated carbocycles. The molecule has 1 aromatic rings. The van der Waals surface area contributed by atoms with E-state index in [1.165, 1.54) is 5.56 Å². The van der Waals surface area contributed by atoms with Gasteiger partial charge in [0.25, 0.3) is 0 Å². The Labute approximate surface area is 121 Å². The summed E-state index contributed by atoms with van der Waals surface area (Å²) in [5.41, 5.74) is 1.18. The Balaban J connectivity index is 2.64. The van der Waals surface area contributed by atoms with E-state index in [-0.39, 0.29) is 5.91 Å². The second-order valence-electron chi connectivity index (χ2n) is 4.86.